The van der Waals surface area contributed by atoms with E-state index in [1.54, 1.807) is 13.8 Å². The fraction of sp³-hybridized carbons (Fsp3) is 0.889. The third kappa shape index (κ3) is 2.97. The third-order valence-electron chi connectivity index (χ3n) is 2.27. The van der Waals surface area contributed by atoms with Gasteiger partial charge >= 0.3 is 5.97 Å². The molecule has 1 rings (SSSR count). The van der Waals surface area contributed by atoms with Crippen molar-refractivity contribution in [3.63, 3.8) is 0 Å². The van der Waals surface area contributed by atoms with Crippen LogP contribution in [-0.4, -0.2) is 37.0 Å². The van der Waals surface area contributed by atoms with Gasteiger partial charge in [0.25, 0.3) is 0 Å². The van der Waals surface area contributed by atoms with Gasteiger partial charge in [-0.15, -0.1) is 0 Å². The summed E-state index contributed by atoms with van der Waals surface area (Å²) in [6.07, 6.45) is 0.725. The second-order valence-corrected chi connectivity index (χ2v) is 3.97. The van der Waals surface area contributed by atoms with Crippen LogP contribution >= 0.6 is 0 Å². The molecule has 0 aliphatic carbocycles. The van der Waals surface area contributed by atoms with E-state index in [1.165, 1.54) is 0 Å². The number of carbonyl (C=O) groups is 1. The Morgan fingerprint density at radius 1 is 1.62 bits per heavy atom. The van der Waals surface area contributed by atoms with Gasteiger partial charge < -0.3 is 14.6 Å². The van der Waals surface area contributed by atoms with Gasteiger partial charge in [-0.25, -0.2) is 0 Å². The molecule has 4 heteroatoms. The summed E-state index contributed by atoms with van der Waals surface area (Å²) < 4.78 is 10.3. The molecule has 13 heavy (non-hydrogen) atoms. The van der Waals surface area contributed by atoms with E-state index in [-0.39, 0.29) is 6.10 Å². The number of ether oxygens (including phenoxy) is 2. The van der Waals surface area contributed by atoms with Crippen molar-refractivity contribution in [3.8, 4) is 0 Å². The van der Waals surface area contributed by atoms with Crippen LogP contribution in [0.2, 0.25) is 0 Å². The van der Waals surface area contributed by atoms with Crippen molar-refractivity contribution >= 4 is 5.97 Å². The van der Waals surface area contributed by atoms with Crippen LogP contribution in [0.4, 0.5) is 0 Å². The van der Waals surface area contributed by atoms with E-state index in [9.17, 15) is 4.79 Å². The van der Waals surface area contributed by atoms with E-state index >= 15 is 0 Å². The van der Waals surface area contributed by atoms with Gasteiger partial charge in [0.15, 0.2) is 0 Å². The van der Waals surface area contributed by atoms with E-state index in [1.807, 2.05) is 0 Å². The van der Waals surface area contributed by atoms with Gasteiger partial charge in [0.1, 0.15) is 6.10 Å². The molecule has 0 aromatic carbocycles. The summed E-state index contributed by atoms with van der Waals surface area (Å²) in [6.45, 7) is 5.19. The summed E-state index contributed by atoms with van der Waals surface area (Å²) in [4.78, 5) is 10.7. The predicted molar refractivity (Wildman–Crippen MR) is 46.6 cm³/mol. The van der Waals surface area contributed by atoms with E-state index < -0.39 is 11.4 Å². The van der Waals surface area contributed by atoms with E-state index in [0.717, 1.165) is 0 Å². The summed E-state index contributed by atoms with van der Waals surface area (Å²) in [5.41, 5.74) is -0.690. The molecule has 0 saturated carbocycles. The van der Waals surface area contributed by atoms with Gasteiger partial charge in [0, 0.05) is 6.61 Å². The Bertz CT molecular complexity index is 184. The lowest BCUT2D eigenvalue weighted by Crippen LogP contribution is -2.37. The van der Waals surface area contributed by atoms with Crippen LogP contribution in [0.3, 0.4) is 0 Å². The van der Waals surface area contributed by atoms with Gasteiger partial charge in [-0.05, 0) is 20.3 Å². The monoisotopic (exact) mass is 188 g/mol. The Labute approximate surface area is 77.8 Å². The first-order valence-corrected chi connectivity index (χ1v) is 4.45. The molecule has 1 saturated heterocycles. The van der Waals surface area contributed by atoms with Crippen molar-refractivity contribution in [2.24, 2.45) is 5.41 Å². The lowest BCUT2D eigenvalue weighted by molar-refractivity contribution is -0.152. The minimum absolute atomic E-state index is 0.185. The predicted octanol–water partition coefficient (Wildman–Crippen LogP) is 0.903. The standard InChI is InChI=1S/C9H16O4/c1-9(2,8(10)11)3-4-13-7-5-12-6-7/h7H,3-6H2,1-2H3,(H,10,11). The summed E-state index contributed by atoms with van der Waals surface area (Å²) in [5, 5.41) is 8.80. The topological polar surface area (TPSA) is 55.8 Å². The van der Waals surface area contributed by atoms with Crippen LogP contribution in [-0.2, 0) is 14.3 Å². The number of aliphatic carboxylic acids is 1. The van der Waals surface area contributed by atoms with Crippen LogP contribution in [0.25, 0.3) is 0 Å². The summed E-state index contributed by atoms with van der Waals surface area (Å²) >= 11 is 0. The molecule has 0 aromatic rings. The molecule has 0 amide bonds. The molecule has 0 aromatic heterocycles. The molecule has 1 heterocycles. The molecule has 1 aliphatic rings. The van der Waals surface area contributed by atoms with Crippen molar-refractivity contribution in [3.05, 3.63) is 0 Å². The summed E-state index contributed by atoms with van der Waals surface area (Å²) in [6, 6.07) is 0. The lowest BCUT2D eigenvalue weighted by Gasteiger charge is -2.27. The van der Waals surface area contributed by atoms with Crippen LogP contribution in [0.5, 0.6) is 0 Å². The summed E-state index contributed by atoms with van der Waals surface area (Å²) in [7, 11) is 0. The molecule has 1 fully saturated rings. The maximum Gasteiger partial charge on any atom is 0.309 e. The molecular formula is C9H16O4. The van der Waals surface area contributed by atoms with Crippen LogP contribution in [0.15, 0.2) is 0 Å². The zero-order valence-electron chi connectivity index (χ0n) is 8.08. The van der Waals surface area contributed by atoms with Crippen LogP contribution in [0, 0.1) is 5.41 Å². The molecular weight excluding hydrogens is 172 g/mol. The fourth-order valence-corrected chi connectivity index (χ4v) is 0.898. The van der Waals surface area contributed by atoms with Crippen molar-refractivity contribution in [2.75, 3.05) is 19.8 Å². The molecule has 76 valence electrons. The normalized spacial score (nSPS) is 18.3. The molecule has 0 bridgehead atoms. The van der Waals surface area contributed by atoms with Crippen LogP contribution in [0.1, 0.15) is 20.3 Å². The average molecular weight is 188 g/mol. The van der Waals surface area contributed by atoms with Crippen molar-refractivity contribution in [1.82, 2.24) is 0 Å². The molecule has 0 spiro atoms. The highest BCUT2D eigenvalue weighted by Gasteiger charge is 2.27. The SMILES string of the molecule is CC(C)(CCOC1COC1)C(=O)O. The van der Waals surface area contributed by atoms with Gasteiger partial charge in [-0.1, -0.05) is 0 Å². The second kappa shape index (κ2) is 4.07. The number of carboxylic acid groups (broad SMARTS) is 1. The quantitative estimate of drug-likeness (QED) is 0.696. The third-order valence-corrected chi connectivity index (χ3v) is 2.27. The summed E-state index contributed by atoms with van der Waals surface area (Å²) in [5.74, 6) is -0.777. The maximum absolute atomic E-state index is 10.7. The molecule has 4 nitrogen and oxygen atoms in total. The Kier molecular flexibility index (Phi) is 3.27. The Hall–Kier alpha value is -0.610. The molecule has 0 unspecified atom stereocenters. The zero-order chi connectivity index (χ0) is 9.90. The zero-order valence-corrected chi connectivity index (χ0v) is 8.08. The van der Waals surface area contributed by atoms with E-state index in [4.69, 9.17) is 14.6 Å². The van der Waals surface area contributed by atoms with Crippen molar-refractivity contribution < 1.29 is 19.4 Å². The van der Waals surface area contributed by atoms with E-state index in [0.29, 0.717) is 26.2 Å². The molecule has 0 radical (unpaired) electrons. The molecule has 0 atom stereocenters. The van der Waals surface area contributed by atoms with Gasteiger partial charge in [0.2, 0.25) is 0 Å². The fourth-order valence-electron chi connectivity index (χ4n) is 0.898. The van der Waals surface area contributed by atoms with Crippen molar-refractivity contribution in [1.29, 1.82) is 0 Å². The van der Waals surface area contributed by atoms with Gasteiger partial charge in [-0.3, -0.25) is 4.79 Å². The first-order valence-electron chi connectivity index (χ1n) is 4.45. The van der Waals surface area contributed by atoms with Gasteiger partial charge in [0.05, 0.1) is 18.6 Å². The smallest absolute Gasteiger partial charge is 0.309 e. The van der Waals surface area contributed by atoms with Crippen LogP contribution < -0.4 is 0 Å². The Morgan fingerprint density at radius 2 is 2.23 bits per heavy atom. The molecule has 1 aliphatic heterocycles. The average Bonchev–Trinajstić information content (AvgIpc) is 1.94. The first kappa shape index (κ1) is 10.5. The largest absolute Gasteiger partial charge is 0.481 e. The number of rotatable bonds is 5. The van der Waals surface area contributed by atoms with E-state index in [2.05, 4.69) is 0 Å². The number of hydrogen-bond acceptors (Lipinski definition) is 3. The molecule has 1 N–H and O–H groups in total. The highest BCUT2D eigenvalue weighted by atomic mass is 16.6. The second-order valence-electron chi connectivity index (χ2n) is 3.97. The highest BCUT2D eigenvalue weighted by Crippen LogP contribution is 2.21. The van der Waals surface area contributed by atoms with Crippen molar-refractivity contribution in [2.45, 2.75) is 26.4 Å². The van der Waals surface area contributed by atoms with Gasteiger partial charge in [-0.2, -0.15) is 0 Å². The Balaban J connectivity index is 2.13. The minimum Gasteiger partial charge on any atom is -0.481 e. The highest BCUT2D eigenvalue weighted by molar-refractivity contribution is 5.73. The number of hydrogen-bond donors (Lipinski definition) is 1. The maximum atomic E-state index is 10.7. The lowest BCUT2D eigenvalue weighted by atomic mass is 9.90. The first-order chi connectivity index (χ1) is 6.02. The minimum atomic E-state index is -0.777. The Morgan fingerprint density at radius 3 is 2.62 bits per heavy atom. The number of carboxylic acids is 1.